The number of nitrogens with zero attached hydrogens (tertiary/aromatic N) is 5. The second-order valence-corrected chi connectivity index (χ2v) is 14.3. The number of aromatic hydroxyl groups is 1. The molecule has 0 radical (unpaired) electrons. The minimum atomic E-state index is -5.31. The number of phenols is 1. The highest BCUT2D eigenvalue weighted by molar-refractivity contribution is 7.86. The van der Waals surface area contributed by atoms with Crippen molar-refractivity contribution in [3.05, 3.63) is 77.3 Å². The van der Waals surface area contributed by atoms with Crippen LogP contribution >= 0.6 is 11.6 Å². The Morgan fingerprint density at radius 3 is 2.06 bits per heavy atom. The first kappa shape index (κ1) is 34.4. The number of benzene rings is 4. The molecule has 0 spiro atoms. The van der Waals surface area contributed by atoms with Crippen molar-refractivity contribution >= 4 is 87.4 Å². The van der Waals surface area contributed by atoms with E-state index in [2.05, 4.69) is 35.8 Å². The third-order valence-electron chi connectivity index (χ3n) is 6.28. The summed E-state index contributed by atoms with van der Waals surface area (Å²) in [7, 11) is -15.3. The Balaban J connectivity index is 1.73. The second-order valence-electron chi connectivity index (χ2n) is 9.75. The van der Waals surface area contributed by atoms with Gasteiger partial charge in [0.25, 0.3) is 30.4 Å². The molecule has 6 N–H and O–H groups in total. The third-order valence-corrected chi connectivity index (χ3v) is 9.05. The van der Waals surface area contributed by atoms with Crippen molar-refractivity contribution in [3.63, 3.8) is 0 Å². The molecule has 0 fully saturated rings. The van der Waals surface area contributed by atoms with Crippen LogP contribution in [0.25, 0.3) is 10.8 Å². The summed E-state index contributed by atoms with van der Waals surface area (Å²) >= 11 is 6.08. The molecule has 0 unspecified atom stereocenters. The van der Waals surface area contributed by atoms with Crippen molar-refractivity contribution in [1.29, 1.82) is 0 Å². The van der Waals surface area contributed by atoms with Crippen LogP contribution in [0.3, 0.4) is 0 Å². The standard InChI is InChI=1S/C26H19ClFN7O10S3/c1-12-3-2-4-15(7-12)29-25-31-24(27)32-26(33-25)30-18-11-16(46(37,38)39)8-13-9-20(48(43,44)45)22(23(36)21(13)18)35-34-17-10-14(28)5-6-19(17)47(40,41)42/h2-11,36H,1H3,(H,37,38,39)(H,40,41,42)(H,43,44,45)(H2,29,30,31,32,33). The molecule has 5 rings (SSSR count). The SMILES string of the molecule is Cc1cccc(Nc2nc(Cl)nc(Nc3cc(S(=O)(=O)O)cc4cc(S(=O)(=O)O)c(N=Nc5cc(F)ccc5S(=O)(=O)O)c(O)c34)n2)c1. The number of halogens is 2. The quantitative estimate of drug-likeness (QED) is 0.0807. The van der Waals surface area contributed by atoms with Crippen molar-refractivity contribution in [2.75, 3.05) is 10.6 Å². The van der Waals surface area contributed by atoms with Gasteiger partial charge in [0, 0.05) is 17.1 Å². The van der Waals surface area contributed by atoms with E-state index in [1.165, 1.54) is 0 Å². The topological polar surface area (TPSA) is 271 Å². The number of hydrogen-bond acceptors (Lipinski definition) is 14. The maximum atomic E-state index is 13.9. The van der Waals surface area contributed by atoms with E-state index in [1.54, 1.807) is 18.2 Å². The molecule has 1 aromatic heterocycles. The van der Waals surface area contributed by atoms with Crippen LogP contribution in [0.5, 0.6) is 5.75 Å². The zero-order valence-electron chi connectivity index (χ0n) is 23.7. The lowest BCUT2D eigenvalue weighted by atomic mass is 10.1. The van der Waals surface area contributed by atoms with Crippen molar-refractivity contribution in [1.82, 2.24) is 15.0 Å². The van der Waals surface area contributed by atoms with Crippen LogP contribution < -0.4 is 10.6 Å². The Labute approximate surface area is 275 Å². The van der Waals surface area contributed by atoms with Gasteiger partial charge in [-0.1, -0.05) is 12.1 Å². The van der Waals surface area contributed by atoms with Crippen molar-refractivity contribution in [2.24, 2.45) is 10.2 Å². The predicted molar refractivity (Wildman–Crippen MR) is 168 cm³/mol. The molecule has 17 nitrogen and oxygen atoms in total. The summed E-state index contributed by atoms with van der Waals surface area (Å²) in [5, 5.41) is 22.7. The first-order valence-electron chi connectivity index (χ1n) is 12.8. The van der Waals surface area contributed by atoms with Gasteiger partial charge in [-0.15, -0.1) is 10.2 Å². The lowest BCUT2D eigenvalue weighted by molar-refractivity contribution is 0.472. The normalized spacial score (nSPS) is 12.5. The van der Waals surface area contributed by atoms with E-state index in [1.807, 2.05) is 13.0 Å². The van der Waals surface area contributed by atoms with E-state index in [4.69, 9.17) is 11.6 Å². The van der Waals surface area contributed by atoms with Gasteiger partial charge in [-0.2, -0.15) is 40.2 Å². The van der Waals surface area contributed by atoms with Gasteiger partial charge in [-0.05, 0) is 71.9 Å². The summed E-state index contributed by atoms with van der Waals surface area (Å²) in [4.78, 5) is 9.12. The number of anilines is 4. The molecule has 0 aliphatic rings. The van der Waals surface area contributed by atoms with Crippen LogP contribution in [0, 0.1) is 12.7 Å². The second kappa shape index (κ2) is 12.6. The molecule has 22 heteroatoms. The van der Waals surface area contributed by atoms with Gasteiger partial charge in [0.1, 0.15) is 27.0 Å². The lowest BCUT2D eigenvalue weighted by Crippen LogP contribution is -2.06. The first-order valence-corrected chi connectivity index (χ1v) is 17.5. The lowest BCUT2D eigenvalue weighted by Gasteiger charge is -2.15. The van der Waals surface area contributed by atoms with Crippen LogP contribution in [-0.2, 0) is 30.4 Å². The molecule has 0 atom stereocenters. The number of rotatable bonds is 9. The molecular weight excluding hydrogens is 721 g/mol. The van der Waals surface area contributed by atoms with Gasteiger partial charge in [0.05, 0.1) is 10.6 Å². The summed E-state index contributed by atoms with van der Waals surface area (Å²) in [5.41, 5.74) is -0.807. The fourth-order valence-electron chi connectivity index (χ4n) is 4.33. The maximum Gasteiger partial charge on any atom is 0.296 e. The van der Waals surface area contributed by atoms with Gasteiger partial charge >= 0.3 is 0 Å². The van der Waals surface area contributed by atoms with E-state index < -0.39 is 84.4 Å². The summed E-state index contributed by atoms with van der Waals surface area (Å²) in [6.45, 7) is 1.84. The third kappa shape index (κ3) is 7.62. The fraction of sp³-hybridized carbons (Fsp3) is 0.0385. The van der Waals surface area contributed by atoms with Crippen LogP contribution in [0.15, 0.2) is 85.6 Å². The number of phenolic OH excluding ortho intramolecular Hbond substituents is 1. The Bertz CT molecular complexity index is 2500. The minimum Gasteiger partial charge on any atom is -0.505 e. The Morgan fingerprint density at radius 2 is 1.44 bits per heavy atom. The smallest absolute Gasteiger partial charge is 0.296 e. The van der Waals surface area contributed by atoms with Crippen LogP contribution in [0.2, 0.25) is 5.28 Å². The Hall–Kier alpha value is -4.90. The van der Waals surface area contributed by atoms with Gasteiger partial charge in [0.15, 0.2) is 5.75 Å². The van der Waals surface area contributed by atoms with Crippen molar-refractivity contribution in [2.45, 2.75) is 21.6 Å². The summed E-state index contributed by atoms with van der Waals surface area (Å²) in [5.74, 6) is -2.57. The molecule has 48 heavy (non-hydrogen) atoms. The Morgan fingerprint density at radius 1 is 0.771 bits per heavy atom. The monoisotopic (exact) mass is 739 g/mol. The summed E-state index contributed by atoms with van der Waals surface area (Å²) in [6.07, 6.45) is 0. The number of aromatic nitrogens is 3. The zero-order chi connectivity index (χ0) is 35.2. The molecule has 5 aromatic rings. The van der Waals surface area contributed by atoms with Crippen molar-refractivity contribution < 1.29 is 48.4 Å². The van der Waals surface area contributed by atoms with Gasteiger partial charge < -0.3 is 15.7 Å². The molecule has 0 saturated heterocycles. The fourth-order valence-corrected chi connectivity index (χ4v) is 6.29. The molecule has 250 valence electrons. The van der Waals surface area contributed by atoms with Gasteiger partial charge in [-0.3, -0.25) is 13.7 Å². The number of aryl methyl sites for hydroxylation is 1. The molecule has 4 aromatic carbocycles. The molecule has 1 heterocycles. The van der Waals surface area contributed by atoms with Crippen LogP contribution in [0.4, 0.5) is 39.0 Å². The highest BCUT2D eigenvalue weighted by Gasteiger charge is 2.26. The zero-order valence-corrected chi connectivity index (χ0v) is 26.9. The van der Waals surface area contributed by atoms with E-state index >= 15 is 0 Å². The largest absolute Gasteiger partial charge is 0.505 e. The molecule has 0 amide bonds. The number of nitrogens with one attached hydrogen (secondary N) is 2. The van der Waals surface area contributed by atoms with Gasteiger partial charge in [-0.25, -0.2) is 4.39 Å². The molecule has 0 aliphatic heterocycles. The van der Waals surface area contributed by atoms with Crippen molar-refractivity contribution in [3.8, 4) is 5.75 Å². The van der Waals surface area contributed by atoms with E-state index in [-0.39, 0.29) is 17.2 Å². The summed E-state index contributed by atoms with van der Waals surface area (Å²) < 4.78 is 116. The molecule has 0 bridgehead atoms. The van der Waals surface area contributed by atoms with Gasteiger partial charge in [0.2, 0.25) is 17.2 Å². The van der Waals surface area contributed by atoms with E-state index in [0.717, 1.165) is 17.7 Å². The average molecular weight is 740 g/mol. The molecule has 0 aliphatic carbocycles. The number of fused-ring (bicyclic) bond motifs is 1. The number of azo groups is 1. The first-order chi connectivity index (χ1) is 22.3. The average Bonchev–Trinajstić information content (AvgIpc) is 2.94. The van der Waals surface area contributed by atoms with E-state index in [9.17, 15) is 48.4 Å². The number of hydrogen-bond donors (Lipinski definition) is 6. The van der Waals surface area contributed by atoms with Crippen LogP contribution in [-0.4, -0.2) is 59.0 Å². The molecular formula is C26H19ClFN7O10S3. The summed E-state index contributed by atoms with van der Waals surface area (Å²) in [6, 6.07) is 11.1. The highest BCUT2D eigenvalue weighted by Crippen LogP contribution is 2.46. The molecule has 0 saturated carbocycles. The highest BCUT2D eigenvalue weighted by atomic mass is 35.5. The maximum absolute atomic E-state index is 13.9. The predicted octanol–water partition coefficient (Wildman–Crippen LogP) is 5.47. The minimum absolute atomic E-state index is 0.0876. The Kier molecular flexibility index (Phi) is 9.05. The van der Waals surface area contributed by atoms with Crippen LogP contribution in [0.1, 0.15) is 5.56 Å². The van der Waals surface area contributed by atoms with E-state index in [0.29, 0.717) is 30.0 Å².